The average Bonchev–Trinajstić information content (AvgIpc) is 3.94. The van der Waals surface area contributed by atoms with E-state index in [4.69, 9.17) is 42.3 Å². The van der Waals surface area contributed by atoms with E-state index >= 15 is 0 Å². The first-order chi connectivity index (χ1) is 27.4. The predicted octanol–water partition coefficient (Wildman–Crippen LogP) is 4.21. The van der Waals surface area contributed by atoms with Gasteiger partial charge in [0.05, 0.1) is 43.8 Å². The van der Waals surface area contributed by atoms with Gasteiger partial charge in [-0.25, -0.2) is 0 Å². The lowest BCUT2D eigenvalue weighted by atomic mass is 9.31. The summed E-state index contributed by atoms with van der Waals surface area (Å²) in [4.78, 5) is 70.7. The van der Waals surface area contributed by atoms with Gasteiger partial charge in [-0.15, -0.1) is 0 Å². The Morgan fingerprint density at radius 3 is 2.05 bits per heavy atom. The summed E-state index contributed by atoms with van der Waals surface area (Å²) in [6.45, 7) is 16.8. The smallest absolute Gasteiger partial charge is 0.309 e. The zero-order valence-corrected chi connectivity index (χ0v) is 35.7. The van der Waals surface area contributed by atoms with Crippen LogP contribution in [-0.4, -0.2) is 99.5 Å². The molecule has 59 heavy (non-hydrogen) atoms. The molecule has 4 saturated carbocycles. The monoisotopic (exact) mass is 830 g/mol. The minimum Gasteiger partial charge on any atom is -0.472 e. The van der Waals surface area contributed by atoms with Gasteiger partial charge in [-0.05, 0) is 37.7 Å². The second-order valence-electron chi connectivity index (χ2n) is 19.4. The predicted molar refractivity (Wildman–Crippen MR) is 199 cm³/mol. The van der Waals surface area contributed by atoms with Crippen molar-refractivity contribution in [2.45, 2.75) is 166 Å². The van der Waals surface area contributed by atoms with Crippen LogP contribution in [0.5, 0.6) is 0 Å². The minimum atomic E-state index is -2.74. The highest BCUT2D eigenvalue weighted by Gasteiger charge is 3.07. The Bertz CT molecular complexity index is 1970. The van der Waals surface area contributed by atoms with Crippen molar-refractivity contribution in [2.24, 2.45) is 39.9 Å². The van der Waals surface area contributed by atoms with Gasteiger partial charge in [0.15, 0.2) is 22.9 Å². The molecule has 0 amide bonds. The van der Waals surface area contributed by atoms with E-state index in [1.807, 2.05) is 6.92 Å². The van der Waals surface area contributed by atoms with E-state index in [1.165, 1.54) is 26.6 Å². The lowest BCUT2D eigenvalue weighted by Gasteiger charge is -2.79. The molecule has 0 unspecified atom stereocenters. The molecule has 4 aliphatic carbocycles. The van der Waals surface area contributed by atoms with Crippen LogP contribution in [0, 0.1) is 39.9 Å². The van der Waals surface area contributed by atoms with Crippen LogP contribution < -0.4 is 0 Å². The van der Waals surface area contributed by atoms with E-state index in [0.717, 1.165) is 0 Å². The van der Waals surface area contributed by atoms with Crippen molar-refractivity contribution < 1.29 is 76.5 Å². The Balaban J connectivity index is 1.53. The largest absolute Gasteiger partial charge is 0.472 e. The van der Waals surface area contributed by atoms with E-state index in [0.29, 0.717) is 18.4 Å². The first kappa shape index (κ1) is 42.1. The molecule has 3 aliphatic heterocycles. The van der Waals surface area contributed by atoms with Gasteiger partial charge in [-0.1, -0.05) is 62.3 Å². The van der Waals surface area contributed by atoms with Gasteiger partial charge in [0.1, 0.15) is 29.5 Å². The molecule has 326 valence electrons. The van der Waals surface area contributed by atoms with E-state index in [2.05, 4.69) is 0 Å². The highest BCUT2D eigenvalue weighted by Crippen LogP contribution is 2.89. The summed E-state index contributed by atoms with van der Waals surface area (Å²) in [5.41, 5.74) is -16.1. The molecule has 16 heteroatoms. The lowest BCUT2D eigenvalue weighted by Crippen LogP contribution is -2.99. The summed E-state index contributed by atoms with van der Waals surface area (Å²) in [7, 11) is 1.22. The molecule has 7 aliphatic rings. The number of fused-ring (bicyclic) bond motifs is 2. The standard InChI is InChI=1S/C43H58O16/c1-12-22(5)31(47)53-26-17-36(8)29(24-14-15-52-19-24)54-28(45)18-40(36)43-34(55-30(46)21(3)4)41(50)33(56-32(48)23(6)13-2)35(7)20-39(41,49)37(9,25(35)16-27(44)51-11)42(26,43)58-38(10,57-40)59-43/h14-15,19,21-23,25-26,29,33-34,49-50H,12-13,16-18,20H2,1-11H3/t22-,23-,25+,26-,29+,33+,34-,35+,36+,37+,38-,39+,40+,41-,42+,43+/m1/s1. The zero-order chi connectivity index (χ0) is 43.3. The number of esters is 5. The van der Waals surface area contributed by atoms with Crippen molar-refractivity contribution in [3.8, 4) is 0 Å². The number of furan rings is 1. The molecular formula is C43H58O16. The van der Waals surface area contributed by atoms with Crippen LogP contribution in [0.1, 0.15) is 119 Å². The number of cyclic esters (lactones) is 1. The second kappa shape index (κ2) is 12.7. The van der Waals surface area contributed by atoms with Gasteiger partial charge in [0.25, 0.3) is 5.97 Å². The number of methoxy groups -OCH3 is 1. The third-order valence-corrected chi connectivity index (χ3v) is 16.3. The summed E-state index contributed by atoms with van der Waals surface area (Å²) in [5, 5.41) is 28.0. The summed E-state index contributed by atoms with van der Waals surface area (Å²) in [6, 6.07) is 1.63. The van der Waals surface area contributed by atoms with E-state index in [1.54, 1.807) is 61.5 Å². The summed E-state index contributed by atoms with van der Waals surface area (Å²) in [6.07, 6.45) is -4.00. The second-order valence-corrected chi connectivity index (χ2v) is 19.4. The molecule has 1 aromatic rings. The van der Waals surface area contributed by atoms with Crippen LogP contribution in [-0.2, 0) is 61.9 Å². The van der Waals surface area contributed by atoms with Crippen molar-refractivity contribution in [2.75, 3.05) is 7.11 Å². The van der Waals surface area contributed by atoms with Crippen LogP contribution in [0.2, 0.25) is 0 Å². The van der Waals surface area contributed by atoms with E-state index < -0.39 is 135 Å². The third-order valence-electron chi connectivity index (χ3n) is 16.3. The Hall–Kier alpha value is -3.57. The van der Waals surface area contributed by atoms with Gasteiger partial charge < -0.3 is 52.5 Å². The highest BCUT2D eigenvalue weighted by atomic mass is 17.0. The molecule has 3 saturated heterocycles. The minimum absolute atomic E-state index is 0.136. The van der Waals surface area contributed by atoms with Crippen molar-refractivity contribution in [3.63, 3.8) is 0 Å². The molecule has 4 heterocycles. The average molecular weight is 831 g/mol. The van der Waals surface area contributed by atoms with Crippen LogP contribution in [0.25, 0.3) is 0 Å². The molecule has 16 atom stereocenters. The molecule has 0 radical (unpaired) electrons. The fourth-order valence-electron chi connectivity index (χ4n) is 13.3. The van der Waals surface area contributed by atoms with Crippen molar-refractivity contribution in [1.29, 1.82) is 0 Å². The molecule has 1 aromatic heterocycles. The number of aliphatic hydroxyl groups is 2. The Morgan fingerprint density at radius 1 is 0.864 bits per heavy atom. The molecule has 2 spiro atoms. The van der Waals surface area contributed by atoms with Crippen molar-refractivity contribution in [3.05, 3.63) is 24.2 Å². The number of hydrogen-bond acceptors (Lipinski definition) is 16. The van der Waals surface area contributed by atoms with Gasteiger partial charge in [-0.3, -0.25) is 24.0 Å². The highest BCUT2D eigenvalue weighted by molar-refractivity contribution is 5.78. The number of carbonyl (C=O) groups is 5. The summed E-state index contributed by atoms with van der Waals surface area (Å²) < 4.78 is 58.0. The first-order valence-electron chi connectivity index (χ1n) is 20.9. The molecular weight excluding hydrogens is 772 g/mol. The van der Waals surface area contributed by atoms with Gasteiger partial charge in [0, 0.05) is 35.2 Å². The topological polar surface area (TPSA) is 213 Å². The fourth-order valence-corrected chi connectivity index (χ4v) is 13.3. The molecule has 4 bridgehead atoms. The SMILES string of the molecule is CC[C@@H](C)C(=O)O[C@H]1[C@@]2(C)C[C@@]3(O)[C@]1(O)[C@@H](OC(=O)C(C)C)[C@]14O[C@]5(C)O[C@]16CC(=O)O[C@@H](c1ccoc1)[C@]6(C)C[C@@H](OC(=O)[C@H](C)CC)[C@]4(O5)[C@@]3(C)[C@H]2CC(=O)OC. The van der Waals surface area contributed by atoms with Crippen LogP contribution in [0.4, 0.5) is 0 Å². The fraction of sp³-hybridized carbons (Fsp3) is 0.791. The number of carbonyl (C=O) groups excluding carboxylic acids is 5. The molecule has 7 fully saturated rings. The lowest BCUT2D eigenvalue weighted by molar-refractivity contribution is -0.479. The maximum absolute atomic E-state index is 14.3. The van der Waals surface area contributed by atoms with Crippen molar-refractivity contribution in [1.82, 2.24) is 0 Å². The zero-order valence-electron chi connectivity index (χ0n) is 35.7. The van der Waals surface area contributed by atoms with Gasteiger partial charge in [0.2, 0.25) is 0 Å². The third kappa shape index (κ3) is 4.55. The molecule has 0 aromatic carbocycles. The Labute approximate surface area is 343 Å². The summed E-state index contributed by atoms with van der Waals surface area (Å²) in [5.74, 6) is -8.86. The molecule has 8 rings (SSSR count). The van der Waals surface area contributed by atoms with Gasteiger partial charge in [-0.2, -0.15) is 0 Å². The quantitative estimate of drug-likeness (QED) is 0.236. The van der Waals surface area contributed by atoms with Crippen molar-refractivity contribution >= 4 is 29.8 Å². The van der Waals surface area contributed by atoms with E-state index in [-0.39, 0.29) is 19.3 Å². The number of hydrogen-bond donors (Lipinski definition) is 2. The van der Waals surface area contributed by atoms with Crippen LogP contribution in [0.15, 0.2) is 23.0 Å². The molecule has 16 nitrogen and oxygen atoms in total. The Kier molecular flexibility index (Phi) is 9.10. The number of rotatable bonds is 11. The van der Waals surface area contributed by atoms with E-state index in [9.17, 15) is 34.2 Å². The summed E-state index contributed by atoms with van der Waals surface area (Å²) >= 11 is 0. The van der Waals surface area contributed by atoms with Crippen LogP contribution in [0.3, 0.4) is 0 Å². The number of ether oxygens (including phenoxy) is 8. The molecule has 2 N–H and O–H groups in total. The maximum atomic E-state index is 14.3. The normalized spacial score (nSPS) is 48.1. The van der Waals surface area contributed by atoms with Gasteiger partial charge >= 0.3 is 29.8 Å². The Morgan fingerprint density at radius 2 is 1.47 bits per heavy atom. The first-order valence-corrected chi connectivity index (χ1v) is 20.9. The van der Waals surface area contributed by atoms with Crippen LogP contribution >= 0.6 is 0 Å². The maximum Gasteiger partial charge on any atom is 0.309 e.